The number of hydrogen-bond donors (Lipinski definition) is 1. The number of nitrogens with zero attached hydrogens (tertiary/aromatic N) is 1. The van der Waals surface area contributed by atoms with Gasteiger partial charge in [0.25, 0.3) is 5.91 Å². The summed E-state index contributed by atoms with van der Waals surface area (Å²) >= 11 is 3.50. The van der Waals surface area contributed by atoms with E-state index in [2.05, 4.69) is 27.7 Å². The Morgan fingerprint density at radius 3 is 2.65 bits per heavy atom. The Hall–Kier alpha value is -1.30. The molecule has 3 nitrogen and oxygen atoms in total. The van der Waals surface area contributed by atoms with E-state index in [1.165, 1.54) is 43.6 Å². The van der Waals surface area contributed by atoms with Gasteiger partial charge in [-0.15, -0.1) is 23.1 Å². The Balaban J connectivity index is 1.45. The molecule has 1 amide bonds. The van der Waals surface area contributed by atoms with Crippen LogP contribution in [-0.4, -0.2) is 37.0 Å². The minimum absolute atomic E-state index is 0.0511. The number of carbonyl (C=O) groups is 1. The number of carbonyl (C=O) groups excluding carboxylic acids is 1. The lowest BCUT2D eigenvalue weighted by Gasteiger charge is -2.19. The number of amides is 1. The zero-order valence-corrected chi connectivity index (χ0v) is 16.9. The van der Waals surface area contributed by atoms with Gasteiger partial charge in [-0.3, -0.25) is 4.79 Å². The first-order chi connectivity index (χ1) is 12.8. The highest BCUT2D eigenvalue weighted by molar-refractivity contribution is 7.98. The van der Waals surface area contributed by atoms with E-state index in [4.69, 9.17) is 0 Å². The Morgan fingerprint density at radius 1 is 1.08 bits per heavy atom. The first-order valence-electron chi connectivity index (χ1n) is 9.58. The van der Waals surface area contributed by atoms with Crippen LogP contribution in [0.3, 0.4) is 0 Å². The van der Waals surface area contributed by atoms with E-state index in [9.17, 15) is 4.79 Å². The quantitative estimate of drug-likeness (QED) is 0.508. The second-order valence-corrected chi connectivity index (χ2v) is 8.78. The summed E-state index contributed by atoms with van der Waals surface area (Å²) in [4.78, 5) is 17.5. The largest absolute Gasteiger partial charge is 0.352 e. The van der Waals surface area contributed by atoms with Crippen molar-refractivity contribution in [2.45, 2.75) is 42.8 Å². The topological polar surface area (TPSA) is 32.3 Å². The lowest BCUT2D eigenvalue weighted by atomic mass is 10.2. The van der Waals surface area contributed by atoms with E-state index in [0.717, 1.165) is 35.7 Å². The van der Waals surface area contributed by atoms with E-state index in [-0.39, 0.29) is 5.91 Å². The van der Waals surface area contributed by atoms with Gasteiger partial charge < -0.3 is 10.2 Å². The number of rotatable bonds is 8. The molecule has 0 unspecified atom stereocenters. The average molecular weight is 389 g/mol. The van der Waals surface area contributed by atoms with Crippen molar-refractivity contribution in [2.24, 2.45) is 0 Å². The van der Waals surface area contributed by atoms with E-state index < -0.39 is 0 Å². The molecule has 1 aromatic carbocycles. The maximum atomic E-state index is 12.6. The molecular formula is C21H28N2OS2. The van der Waals surface area contributed by atoms with Gasteiger partial charge in [0.15, 0.2) is 0 Å². The van der Waals surface area contributed by atoms with E-state index in [1.54, 1.807) is 23.1 Å². The first kappa shape index (κ1) is 19.5. The lowest BCUT2D eigenvalue weighted by molar-refractivity contribution is 0.0948. The van der Waals surface area contributed by atoms with Crippen molar-refractivity contribution < 1.29 is 4.79 Å². The van der Waals surface area contributed by atoms with Gasteiger partial charge in [-0.1, -0.05) is 31.0 Å². The molecule has 0 bridgehead atoms. The summed E-state index contributed by atoms with van der Waals surface area (Å²) in [7, 11) is 0. The average Bonchev–Trinajstić information content (AvgIpc) is 3.06. The normalized spacial score (nSPS) is 15.5. The Labute approximate surface area is 165 Å². The molecule has 1 N–H and O–H groups in total. The van der Waals surface area contributed by atoms with Crippen LogP contribution in [0.25, 0.3) is 0 Å². The highest BCUT2D eigenvalue weighted by atomic mass is 32.2. The highest BCUT2D eigenvalue weighted by Gasteiger charge is 2.12. The number of nitrogens with one attached hydrogen (secondary N) is 1. The number of thioether (sulfide) groups is 1. The number of thiophene rings is 1. The van der Waals surface area contributed by atoms with E-state index in [1.807, 2.05) is 24.3 Å². The summed E-state index contributed by atoms with van der Waals surface area (Å²) < 4.78 is 0. The van der Waals surface area contributed by atoms with Gasteiger partial charge in [0.1, 0.15) is 0 Å². The van der Waals surface area contributed by atoms with Crippen molar-refractivity contribution in [3.05, 3.63) is 52.2 Å². The summed E-state index contributed by atoms with van der Waals surface area (Å²) in [6, 6.07) is 12.1. The Kier molecular flexibility index (Phi) is 8.05. The maximum Gasteiger partial charge on any atom is 0.252 e. The Morgan fingerprint density at radius 2 is 1.88 bits per heavy atom. The molecule has 0 saturated carbocycles. The van der Waals surface area contributed by atoms with Crippen LogP contribution in [0.15, 0.2) is 46.7 Å². The molecular weight excluding hydrogens is 360 g/mol. The molecule has 2 heterocycles. The fraction of sp³-hybridized carbons (Fsp3) is 0.476. The first-order valence-corrected chi connectivity index (χ1v) is 11.4. The van der Waals surface area contributed by atoms with Gasteiger partial charge in [0, 0.05) is 22.1 Å². The molecule has 3 rings (SSSR count). The number of likely N-dealkylation sites (tertiary alicyclic amines) is 1. The monoisotopic (exact) mass is 388 g/mol. The smallest absolute Gasteiger partial charge is 0.252 e. The van der Waals surface area contributed by atoms with Crippen molar-refractivity contribution >= 4 is 29.0 Å². The summed E-state index contributed by atoms with van der Waals surface area (Å²) in [6.07, 6.45) is 6.40. The summed E-state index contributed by atoms with van der Waals surface area (Å²) in [5, 5.41) is 5.21. The van der Waals surface area contributed by atoms with Crippen LogP contribution in [0, 0.1) is 0 Å². The van der Waals surface area contributed by atoms with Crippen LogP contribution in [0.2, 0.25) is 0 Å². The molecule has 1 saturated heterocycles. The zero-order valence-electron chi connectivity index (χ0n) is 15.3. The standard InChI is InChI=1S/C21H28N2OS2/c24-21(22-12-8-15-23-13-5-1-2-6-14-23)19-10-3-4-11-20(19)26-17-18-9-7-16-25-18/h3-4,7,9-11,16H,1-2,5-6,8,12-15,17H2,(H,22,24). The third-order valence-corrected chi connectivity index (χ3v) is 6.90. The zero-order chi connectivity index (χ0) is 18.0. The SMILES string of the molecule is O=C(NCCCN1CCCCCC1)c1ccccc1SCc1cccs1. The van der Waals surface area contributed by atoms with Gasteiger partial charge in [0.05, 0.1) is 5.56 Å². The minimum Gasteiger partial charge on any atom is -0.352 e. The Bertz CT molecular complexity index is 664. The molecule has 0 atom stereocenters. The molecule has 0 aliphatic carbocycles. The molecule has 1 aliphatic heterocycles. The maximum absolute atomic E-state index is 12.6. The molecule has 0 spiro atoms. The van der Waals surface area contributed by atoms with E-state index >= 15 is 0 Å². The molecule has 1 aliphatic rings. The van der Waals surface area contributed by atoms with Gasteiger partial charge in [-0.05, 0) is 62.5 Å². The van der Waals surface area contributed by atoms with Crippen molar-refractivity contribution in [1.82, 2.24) is 10.2 Å². The third-order valence-electron chi connectivity index (χ3n) is 4.72. The van der Waals surface area contributed by atoms with Crippen molar-refractivity contribution in [3.63, 3.8) is 0 Å². The highest BCUT2D eigenvalue weighted by Crippen LogP contribution is 2.27. The summed E-state index contributed by atoms with van der Waals surface area (Å²) in [6.45, 7) is 4.28. The van der Waals surface area contributed by atoms with Gasteiger partial charge in [0.2, 0.25) is 0 Å². The van der Waals surface area contributed by atoms with Gasteiger partial charge in [-0.2, -0.15) is 0 Å². The molecule has 0 radical (unpaired) electrons. The van der Waals surface area contributed by atoms with Crippen molar-refractivity contribution in [2.75, 3.05) is 26.2 Å². The van der Waals surface area contributed by atoms with Gasteiger partial charge >= 0.3 is 0 Å². The minimum atomic E-state index is 0.0511. The molecule has 5 heteroatoms. The lowest BCUT2D eigenvalue weighted by Crippen LogP contribution is -2.30. The number of hydrogen-bond acceptors (Lipinski definition) is 4. The van der Waals surface area contributed by atoms with Crippen molar-refractivity contribution in [1.29, 1.82) is 0 Å². The van der Waals surface area contributed by atoms with Crippen LogP contribution in [0.4, 0.5) is 0 Å². The molecule has 26 heavy (non-hydrogen) atoms. The molecule has 2 aromatic rings. The molecule has 1 fully saturated rings. The van der Waals surface area contributed by atoms with Crippen LogP contribution in [0.5, 0.6) is 0 Å². The fourth-order valence-electron chi connectivity index (χ4n) is 3.28. The second-order valence-electron chi connectivity index (χ2n) is 6.73. The van der Waals surface area contributed by atoms with Crippen LogP contribution < -0.4 is 5.32 Å². The number of benzene rings is 1. The predicted molar refractivity (Wildman–Crippen MR) is 112 cm³/mol. The van der Waals surface area contributed by atoms with Crippen LogP contribution in [-0.2, 0) is 5.75 Å². The van der Waals surface area contributed by atoms with E-state index in [0.29, 0.717) is 0 Å². The van der Waals surface area contributed by atoms with Crippen molar-refractivity contribution in [3.8, 4) is 0 Å². The summed E-state index contributed by atoms with van der Waals surface area (Å²) in [5.41, 5.74) is 0.795. The summed E-state index contributed by atoms with van der Waals surface area (Å²) in [5.74, 6) is 0.965. The predicted octanol–water partition coefficient (Wildman–Crippen LogP) is 5.04. The molecule has 1 aromatic heterocycles. The molecule has 140 valence electrons. The van der Waals surface area contributed by atoms with Crippen LogP contribution in [0.1, 0.15) is 47.3 Å². The van der Waals surface area contributed by atoms with Crippen LogP contribution >= 0.6 is 23.1 Å². The third kappa shape index (κ3) is 6.15. The second kappa shape index (κ2) is 10.8. The fourth-order valence-corrected chi connectivity index (χ4v) is 5.11. The van der Waals surface area contributed by atoms with Gasteiger partial charge in [-0.25, -0.2) is 0 Å².